The number of thioether (sulfide) groups is 1. The van der Waals surface area contributed by atoms with Crippen LogP contribution in [0.2, 0.25) is 0 Å². The van der Waals surface area contributed by atoms with Crippen molar-refractivity contribution in [3.63, 3.8) is 0 Å². The summed E-state index contributed by atoms with van der Waals surface area (Å²) in [4.78, 5) is 27.0. The van der Waals surface area contributed by atoms with E-state index in [9.17, 15) is 18.0 Å². The molecule has 4 saturated carbocycles. The van der Waals surface area contributed by atoms with Crippen LogP contribution in [0.5, 0.6) is 0 Å². The van der Waals surface area contributed by atoms with Crippen LogP contribution in [0.25, 0.3) is 0 Å². The summed E-state index contributed by atoms with van der Waals surface area (Å²) >= 11 is 1.18. The highest BCUT2D eigenvalue weighted by molar-refractivity contribution is 8.01. The maximum atomic E-state index is 12.9. The van der Waals surface area contributed by atoms with Gasteiger partial charge in [-0.25, -0.2) is 0 Å². The Morgan fingerprint density at radius 1 is 1.08 bits per heavy atom. The van der Waals surface area contributed by atoms with Crippen molar-refractivity contribution in [3.05, 3.63) is 0 Å². The van der Waals surface area contributed by atoms with Crippen LogP contribution in [0.1, 0.15) is 44.9 Å². The molecule has 6 nitrogen and oxygen atoms in total. The second kappa shape index (κ2) is 5.71. The van der Waals surface area contributed by atoms with Crippen LogP contribution in [0.4, 0.5) is 0 Å². The van der Waals surface area contributed by atoms with E-state index < -0.39 is 15.4 Å². The average molecular weight is 373 g/mol. The second-order valence-electron chi connectivity index (χ2n) is 8.06. The minimum absolute atomic E-state index is 0.0914. The van der Waals surface area contributed by atoms with Crippen LogP contribution in [0.15, 0.2) is 0 Å². The molecule has 24 heavy (non-hydrogen) atoms. The normalized spacial score (nSPS) is 41.5. The zero-order chi connectivity index (χ0) is 17.1. The first-order valence-electron chi connectivity index (χ1n) is 8.69. The highest BCUT2D eigenvalue weighted by Crippen LogP contribution is 2.58. The highest BCUT2D eigenvalue weighted by Gasteiger charge is 2.58. The van der Waals surface area contributed by atoms with E-state index >= 15 is 0 Å². The third-order valence-electron chi connectivity index (χ3n) is 6.25. The van der Waals surface area contributed by atoms with E-state index in [4.69, 9.17) is 4.55 Å². The smallest absolute Gasteiger partial charge is 0.265 e. The van der Waals surface area contributed by atoms with Crippen LogP contribution in [-0.4, -0.2) is 52.0 Å². The molecule has 1 atom stereocenters. The molecule has 0 aromatic carbocycles. The topological polar surface area (TPSA) is 91.7 Å². The van der Waals surface area contributed by atoms with E-state index in [-0.39, 0.29) is 35.3 Å². The first-order chi connectivity index (χ1) is 11.3. The molecule has 134 valence electrons. The van der Waals surface area contributed by atoms with Crippen molar-refractivity contribution >= 4 is 33.7 Å². The van der Waals surface area contributed by atoms with Crippen LogP contribution < -0.4 is 0 Å². The molecular weight excluding hydrogens is 350 g/mol. The van der Waals surface area contributed by atoms with Gasteiger partial charge in [0.05, 0.1) is 16.5 Å². The van der Waals surface area contributed by atoms with Crippen molar-refractivity contribution in [2.75, 3.05) is 11.5 Å². The van der Waals surface area contributed by atoms with Gasteiger partial charge in [-0.05, 0) is 56.3 Å². The SMILES string of the molecule is O=C1CC(SCCS(=O)(=O)O)C(=O)N1C12CC3CC(CC(C3)C1)C2. The van der Waals surface area contributed by atoms with Gasteiger partial charge in [0.15, 0.2) is 0 Å². The molecule has 8 heteroatoms. The fourth-order valence-electron chi connectivity index (χ4n) is 5.87. The van der Waals surface area contributed by atoms with Gasteiger partial charge in [0.1, 0.15) is 0 Å². The second-order valence-corrected chi connectivity index (χ2v) is 10.9. The summed E-state index contributed by atoms with van der Waals surface area (Å²) in [5.41, 5.74) is -0.263. The van der Waals surface area contributed by atoms with Gasteiger partial charge >= 0.3 is 0 Å². The first kappa shape index (κ1) is 16.8. The van der Waals surface area contributed by atoms with Crippen molar-refractivity contribution < 1.29 is 22.6 Å². The van der Waals surface area contributed by atoms with E-state index in [1.165, 1.54) is 31.0 Å². The fraction of sp³-hybridized carbons (Fsp3) is 0.875. The predicted molar refractivity (Wildman–Crippen MR) is 90.0 cm³/mol. The van der Waals surface area contributed by atoms with E-state index in [0.717, 1.165) is 19.3 Å². The maximum absolute atomic E-state index is 12.9. The number of carbonyl (C=O) groups is 2. The van der Waals surface area contributed by atoms with Gasteiger partial charge in [-0.15, -0.1) is 11.8 Å². The van der Waals surface area contributed by atoms with Crippen LogP contribution in [0, 0.1) is 17.8 Å². The summed E-state index contributed by atoms with van der Waals surface area (Å²) in [6.07, 6.45) is 6.79. The molecule has 0 aromatic heterocycles. The summed E-state index contributed by atoms with van der Waals surface area (Å²) in [6.45, 7) is 0. The lowest BCUT2D eigenvalue weighted by Gasteiger charge is -2.59. The Labute approximate surface area is 146 Å². The number of hydrogen-bond donors (Lipinski definition) is 1. The van der Waals surface area contributed by atoms with Gasteiger partial charge in [-0.1, -0.05) is 0 Å². The Morgan fingerprint density at radius 2 is 1.62 bits per heavy atom. The highest BCUT2D eigenvalue weighted by atomic mass is 32.2. The molecule has 4 bridgehead atoms. The molecular formula is C16H23NO5S2. The van der Waals surface area contributed by atoms with Gasteiger partial charge in [0, 0.05) is 12.2 Å². The predicted octanol–water partition coefficient (Wildman–Crippen LogP) is 1.70. The summed E-state index contributed by atoms with van der Waals surface area (Å²) in [6, 6.07) is 0. The Balaban J connectivity index is 1.48. The Kier molecular flexibility index (Phi) is 4.01. The van der Waals surface area contributed by atoms with Gasteiger partial charge in [-0.3, -0.25) is 19.0 Å². The zero-order valence-corrected chi connectivity index (χ0v) is 15.2. The number of rotatable bonds is 5. The monoisotopic (exact) mass is 373 g/mol. The van der Waals surface area contributed by atoms with Crippen LogP contribution in [0.3, 0.4) is 0 Å². The third-order valence-corrected chi connectivity index (χ3v) is 8.43. The Morgan fingerprint density at radius 3 is 2.12 bits per heavy atom. The van der Waals surface area contributed by atoms with Crippen LogP contribution in [-0.2, 0) is 19.7 Å². The summed E-state index contributed by atoms with van der Waals surface area (Å²) in [5.74, 6) is 1.49. The van der Waals surface area contributed by atoms with E-state index in [1.807, 2.05) is 0 Å². The quantitative estimate of drug-likeness (QED) is 0.583. The zero-order valence-electron chi connectivity index (χ0n) is 13.5. The number of imide groups is 1. The third kappa shape index (κ3) is 2.90. The molecule has 5 aliphatic rings. The lowest BCUT2D eigenvalue weighted by molar-refractivity contribution is -0.157. The van der Waals surface area contributed by atoms with E-state index in [0.29, 0.717) is 17.8 Å². The summed E-state index contributed by atoms with van der Waals surface area (Å²) in [5, 5.41) is -0.493. The molecule has 0 spiro atoms. The molecule has 0 aromatic rings. The number of hydrogen-bond acceptors (Lipinski definition) is 5. The average Bonchev–Trinajstić information content (AvgIpc) is 2.71. The van der Waals surface area contributed by atoms with E-state index in [2.05, 4.69) is 0 Å². The van der Waals surface area contributed by atoms with Gasteiger partial charge in [-0.2, -0.15) is 8.42 Å². The molecule has 5 fully saturated rings. The Hall–Kier alpha value is -0.600. The number of carbonyl (C=O) groups excluding carboxylic acids is 2. The molecule has 1 heterocycles. The molecule has 0 radical (unpaired) electrons. The Bertz CT molecular complexity index is 639. The van der Waals surface area contributed by atoms with Crippen molar-refractivity contribution in [3.8, 4) is 0 Å². The number of likely N-dealkylation sites (tertiary alicyclic amines) is 1. The molecule has 2 amide bonds. The number of nitrogens with zero attached hydrogens (tertiary/aromatic N) is 1. The van der Waals surface area contributed by atoms with Crippen molar-refractivity contribution in [2.45, 2.75) is 55.7 Å². The summed E-state index contributed by atoms with van der Waals surface area (Å²) < 4.78 is 30.5. The van der Waals surface area contributed by atoms with Gasteiger partial charge < -0.3 is 0 Å². The van der Waals surface area contributed by atoms with Crippen molar-refractivity contribution in [1.82, 2.24) is 4.90 Å². The minimum atomic E-state index is -4.03. The largest absolute Gasteiger partial charge is 0.286 e. The lowest BCUT2D eigenvalue weighted by Crippen LogP contribution is -2.61. The molecule has 4 aliphatic carbocycles. The lowest BCUT2D eigenvalue weighted by atomic mass is 9.52. The minimum Gasteiger partial charge on any atom is -0.286 e. The van der Waals surface area contributed by atoms with Gasteiger partial charge in [0.2, 0.25) is 11.8 Å². The standard InChI is InChI=1S/C16H23NO5S2/c18-14-6-13(23-1-2-24(20,21)22)15(19)17(14)16-7-10-3-11(8-16)5-12(4-10)9-16/h10-13H,1-9H2,(H,20,21,22). The van der Waals surface area contributed by atoms with Crippen LogP contribution >= 0.6 is 11.8 Å². The van der Waals surface area contributed by atoms with Gasteiger partial charge in [0.25, 0.3) is 10.1 Å². The van der Waals surface area contributed by atoms with Crippen molar-refractivity contribution in [2.24, 2.45) is 17.8 Å². The maximum Gasteiger partial charge on any atom is 0.265 e. The first-order valence-corrected chi connectivity index (χ1v) is 11.4. The van der Waals surface area contributed by atoms with Crippen molar-refractivity contribution in [1.29, 1.82) is 0 Å². The fourth-order valence-corrected chi connectivity index (χ4v) is 7.89. The molecule has 1 N–H and O–H groups in total. The molecule has 1 aliphatic heterocycles. The summed E-state index contributed by atoms with van der Waals surface area (Å²) in [7, 11) is -4.03. The molecule has 1 saturated heterocycles. The molecule has 5 rings (SSSR count). The molecule has 1 unspecified atom stereocenters. The van der Waals surface area contributed by atoms with E-state index in [1.54, 1.807) is 4.90 Å². The number of amides is 2.